The van der Waals surface area contributed by atoms with Gasteiger partial charge in [-0.05, 0) is 52.3 Å². The zero-order valence-electron chi connectivity index (χ0n) is 30.8. The third-order valence-electron chi connectivity index (χ3n) is 12.5. The molecule has 0 amide bonds. The van der Waals surface area contributed by atoms with Gasteiger partial charge < -0.3 is 9.64 Å². The van der Waals surface area contributed by atoms with Crippen LogP contribution in [0.5, 0.6) is 5.75 Å². The van der Waals surface area contributed by atoms with E-state index >= 15 is 0 Å². The van der Waals surface area contributed by atoms with E-state index in [9.17, 15) is 0 Å². The molecule has 56 heavy (non-hydrogen) atoms. The zero-order valence-corrected chi connectivity index (χ0v) is 30.8. The number of ether oxygens (including phenoxy) is 1. The van der Waals surface area contributed by atoms with Crippen molar-refractivity contribution in [3.63, 3.8) is 0 Å². The van der Waals surface area contributed by atoms with Gasteiger partial charge in [-0.25, -0.2) is 9.97 Å². The second kappa shape index (κ2) is 11.5. The maximum atomic E-state index is 7.16. The minimum Gasteiger partial charge on any atom is -0.461 e. The first-order valence-electron chi connectivity index (χ1n) is 19.4. The lowest BCUT2D eigenvalue weighted by Gasteiger charge is -2.46. The van der Waals surface area contributed by atoms with Gasteiger partial charge in [-0.2, -0.15) is 0 Å². The first-order valence-corrected chi connectivity index (χ1v) is 19.4. The molecule has 2 aliphatic carbocycles. The standard InChI is InChI=1S/C52H35N3O/c1-51-32-47-44(52(42-26-14-15-27-46(42)56-47)40-24-12-10-22-37(40)38-23-11-13-25-41(38)52)30-43(51)39-29-28-33-16-8-9-21-36(33)49(39)55(51)48-31-45(34-17-4-2-5-18-34)53-50(54-48)35-19-6-3-7-20-35/h2-31H,32H2,1H3. The van der Waals surface area contributed by atoms with E-state index in [1.54, 1.807) is 0 Å². The zero-order chi connectivity index (χ0) is 37.0. The van der Waals surface area contributed by atoms with Crippen molar-refractivity contribution >= 4 is 27.9 Å². The average molecular weight is 718 g/mol. The molecule has 0 bridgehead atoms. The maximum Gasteiger partial charge on any atom is 0.162 e. The van der Waals surface area contributed by atoms with Crippen LogP contribution in [-0.2, 0) is 5.41 Å². The molecule has 7 aromatic carbocycles. The summed E-state index contributed by atoms with van der Waals surface area (Å²) in [4.78, 5) is 13.1. The number of allylic oxidation sites excluding steroid dienone is 2. The molecule has 4 aliphatic rings. The predicted octanol–water partition coefficient (Wildman–Crippen LogP) is 12.3. The Morgan fingerprint density at radius 3 is 1.95 bits per heavy atom. The summed E-state index contributed by atoms with van der Waals surface area (Å²) in [5.41, 5.74) is 13.0. The number of hydrogen-bond donors (Lipinski definition) is 0. The molecule has 1 aromatic heterocycles. The fraction of sp³-hybridized carbons (Fsp3) is 0.0769. The second-order valence-corrected chi connectivity index (χ2v) is 15.5. The molecule has 2 aliphatic heterocycles. The van der Waals surface area contributed by atoms with E-state index < -0.39 is 11.0 Å². The van der Waals surface area contributed by atoms with Gasteiger partial charge in [0.2, 0.25) is 0 Å². The van der Waals surface area contributed by atoms with Crippen molar-refractivity contribution in [2.24, 2.45) is 0 Å². The highest BCUT2D eigenvalue weighted by Crippen LogP contribution is 2.65. The first-order chi connectivity index (χ1) is 27.6. The van der Waals surface area contributed by atoms with E-state index in [0.717, 1.165) is 39.8 Å². The second-order valence-electron chi connectivity index (χ2n) is 15.5. The molecule has 1 spiro atoms. The fourth-order valence-electron chi connectivity index (χ4n) is 10.2. The van der Waals surface area contributed by atoms with Crippen LogP contribution in [0.4, 0.5) is 11.5 Å². The monoisotopic (exact) mass is 717 g/mol. The molecule has 12 rings (SSSR count). The van der Waals surface area contributed by atoms with Gasteiger partial charge in [0.1, 0.15) is 17.3 Å². The van der Waals surface area contributed by atoms with Crippen LogP contribution in [0.15, 0.2) is 193 Å². The van der Waals surface area contributed by atoms with Gasteiger partial charge in [-0.1, -0.05) is 164 Å². The largest absolute Gasteiger partial charge is 0.461 e. The summed E-state index contributed by atoms with van der Waals surface area (Å²) in [5, 5.41) is 2.38. The fourth-order valence-corrected chi connectivity index (χ4v) is 10.2. The molecule has 0 radical (unpaired) electrons. The van der Waals surface area contributed by atoms with Crippen LogP contribution >= 0.6 is 0 Å². The van der Waals surface area contributed by atoms with Gasteiger partial charge >= 0.3 is 0 Å². The summed E-state index contributed by atoms with van der Waals surface area (Å²) in [6.07, 6.45) is 3.13. The topological polar surface area (TPSA) is 38.2 Å². The Kier molecular flexibility index (Phi) is 6.42. The Morgan fingerprint density at radius 1 is 0.571 bits per heavy atom. The van der Waals surface area contributed by atoms with E-state index in [-0.39, 0.29) is 0 Å². The van der Waals surface area contributed by atoms with Crippen molar-refractivity contribution in [2.45, 2.75) is 24.3 Å². The number of benzene rings is 7. The van der Waals surface area contributed by atoms with Crippen LogP contribution < -0.4 is 9.64 Å². The Labute approximate surface area is 325 Å². The van der Waals surface area contributed by atoms with E-state index in [0.29, 0.717) is 12.2 Å². The molecule has 1 unspecified atom stereocenters. The Morgan fingerprint density at radius 2 is 1.20 bits per heavy atom. The minimum absolute atomic E-state index is 0.536. The van der Waals surface area contributed by atoms with Gasteiger partial charge in [0.05, 0.1) is 22.3 Å². The molecule has 4 nitrogen and oxygen atoms in total. The summed E-state index contributed by atoms with van der Waals surface area (Å²) in [6, 6.07) is 62.9. The summed E-state index contributed by atoms with van der Waals surface area (Å²) in [6.45, 7) is 2.37. The molecular formula is C52H35N3O. The van der Waals surface area contributed by atoms with Crippen molar-refractivity contribution in [3.05, 3.63) is 216 Å². The van der Waals surface area contributed by atoms with Crippen LogP contribution in [-0.4, -0.2) is 15.5 Å². The lowest BCUT2D eigenvalue weighted by Crippen LogP contribution is -2.46. The van der Waals surface area contributed by atoms with Crippen molar-refractivity contribution in [1.29, 1.82) is 0 Å². The number of fused-ring (bicyclic) bond motifs is 13. The van der Waals surface area contributed by atoms with Crippen molar-refractivity contribution in [2.75, 3.05) is 4.90 Å². The lowest BCUT2D eigenvalue weighted by molar-refractivity contribution is 0.340. The highest BCUT2D eigenvalue weighted by Gasteiger charge is 2.57. The highest BCUT2D eigenvalue weighted by molar-refractivity contribution is 6.09. The molecule has 3 heterocycles. The maximum absolute atomic E-state index is 7.16. The van der Waals surface area contributed by atoms with Gasteiger partial charge in [0.15, 0.2) is 5.82 Å². The first kappa shape index (κ1) is 31.3. The van der Waals surface area contributed by atoms with E-state index in [1.807, 2.05) is 12.1 Å². The number of nitrogens with zero attached hydrogens (tertiary/aromatic N) is 3. The Balaban J connectivity index is 1.15. The third-order valence-corrected chi connectivity index (χ3v) is 12.5. The van der Waals surface area contributed by atoms with Crippen LogP contribution in [0, 0.1) is 0 Å². The highest BCUT2D eigenvalue weighted by atomic mass is 16.5. The van der Waals surface area contributed by atoms with Crippen molar-refractivity contribution in [3.8, 4) is 39.5 Å². The minimum atomic E-state index is -0.549. The van der Waals surface area contributed by atoms with E-state index in [2.05, 4.69) is 182 Å². The molecule has 0 saturated heterocycles. The van der Waals surface area contributed by atoms with E-state index in [1.165, 1.54) is 55.3 Å². The van der Waals surface area contributed by atoms with Crippen LogP contribution in [0.3, 0.4) is 0 Å². The number of aromatic nitrogens is 2. The quantitative estimate of drug-likeness (QED) is 0.182. The molecule has 0 fully saturated rings. The average Bonchev–Trinajstić information content (AvgIpc) is 3.70. The van der Waals surface area contributed by atoms with Crippen LogP contribution in [0.25, 0.3) is 50.1 Å². The molecule has 264 valence electrons. The van der Waals surface area contributed by atoms with E-state index in [4.69, 9.17) is 14.7 Å². The smallest absolute Gasteiger partial charge is 0.162 e. The molecule has 4 heteroatoms. The predicted molar refractivity (Wildman–Crippen MR) is 226 cm³/mol. The Hall–Kier alpha value is -7.04. The van der Waals surface area contributed by atoms with Crippen LogP contribution in [0.2, 0.25) is 0 Å². The summed E-state index contributed by atoms with van der Waals surface area (Å²) in [5.74, 6) is 3.45. The number of para-hydroxylation sites is 1. The molecule has 8 aromatic rings. The van der Waals surface area contributed by atoms with Gasteiger partial charge in [0, 0.05) is 45.7 Å². The molecule has 0 N–H and O–H groups in total. The van der Waals surface area contributed by atoms with Crippen molar-refractivity contribution < 1.29 is 4.74 Å². The Bertz CT molecular complexity index is 2900. The normalized spacial score (nSPS) is 18.0. The number of rotatable bonds is 3. The summed E-state index contributed by atoms with van der Waals surface area (Å²) in [7, 11) is 0. The van der Waals surface area contributed by atoms with Crippen molar-refractivity contribution in [1.82, 2.24) is 9.97 Å². The molecule has 0 saturated carbocycles. The number of anilines is 2. The number of hydrogen-bond acceptors (Lipinski definition) is 4. The van der Waals surface area contributed by atoms with Gasteiger partial charge in [-0.15, -0.1) is 0 Å². The molecular weight excluding hydrogens is 683 g/mol. The molecule has 1 atom stereocenters. The third kappa shape index (κ3) is 4.13. The summed E-state index contributed by atoms with van der Waals surface area (Å²) < 4.78 is 7.16. The van der Waals surface area contributed by atoms with Gasteiger partial charge in [0.25, 0.3) is 0 Å². The SMILES string of the molecule is CC12CC3=C(C=C1c1ccc4ccccc4c1N2c1cc(-c2ccccc2)nc(-c2ccccc2)n1)C1(c2ccccc2O3)c2ccccc2-c2ccccc21. The summed E-state index contributed by atoms with van der Waals surface area (Å²) >= 11 is 0. The van der Waals surface area contributed by atoms with Gasteiger partial charge in [-0.3, -0.25) is 0 Å². The van der Waals surface area contributed by atoms with Crippen LogP contribution in [0.1, 0.15) is 35.6 Å². The lowest BCUT2D eigenvalue weighted by atomic mass is 9.62.